The van der Waals surface area contributed by atoms with Crippen molar-refractivity contribution in [2.75, 3.05) is 20.2 Å². The lowest BCUT2D eigenvalue weighted by Gasteiger charge is -2.24. The molecular weight excluding hydrogens is 594 g/mol. The molecule has 1 amide bonds. The minimum Gasteiger partial charge on any atom is -0.493 e. The van der Waals surface area contributed by atoms with Gasteiger partial charge in [0, 0.05) is 19.0 Å². The molecule has 2 aromatic carbocycles. The van der Waals surface area contributed by atoms with E-state index < -0.39 is 21.8 Å². The molecule has 11 heteroatoms. The molecule has 2 heterocycles. The van der Waals surface area contributed by atoms with Gasteiger partial charge in [0.2, 0.25) is 5.88 Å². The highest BCUT2D eigenvalue weighted by Crippen LogP contribution is 2.38. The highest BCUT2D eigenvalue weighted by atomic mass is 32.2. The van der Waals surface area contributed by atoms with Gasteiger partial charge in [-0.3, -0.25) is 0 Å². The standard InChI is InChI=1S/C34H47N3O7S/c1-9-12-23-17-24(13-10-2)31(25(18-23)14-11-3)45(39,40)44-32-27-19-30(29(41-8)20-28(27)35-22(4)36-32)42-26-15-16-37(21-26)33(38)43-34(5,6)7/h17-20,26H,9-16,21H2,1-8H3/t26-/m1/s1. The second kappa shape index (κ2) is 14.2. The van der Waals surface area contributed by atoms with Crippen LogP contribution in [0, 0.1) is 6.92 Å². The molecule has 0 N–H and O–H groups in total. The maximum atomic E-state index is 14.1. The Morgan fingerprint density at radius 1 is 0.956 bits per heavy atom. The number of aryl methyl sites for hydroxylation is 4. The Morgan fingerprint density at radius 3 is 2.18 bits per heavy atom. The molecule has 246 valence electrons. The van der Waals surface area contributed by atoms with Gasteiger partial charge in [0.1, 0.15) is 22.4 Å². The van der Waals surface area contributed by atoms with Gasteiger partial charge in [-0.1, -0.05) is 52.2 Å². The van der Waals surface area contributed by atoms with E-state index in [4.69, 9.17) is 18.4 Å². The Morgan fingerprint density at radius 2 is 1.60 bits per heavy atom. The van der Waals surface area contributed by atoms with Crippen molar-refractivity contribution >= 4 is 27.1 Å². The van der Waals surface area contributed by atoms with Crippen molar-refractivity contribution in [1.82, 2.24) is 14.9 Å². The SMILES string of the molecule is CCCc1cc(CCC)c(S(=O)(=O)Oc2nc(C)nc3cc(OC)c(O[C@@H]4CCN(C(=O)OC(C)(C)C)C4)cc23)c(CCC)c1. The molecular formula is C34H47N3O7S. The molecule has 0 spiro atoms. The van der Waals surface area contributed by atoms with Gasteiger partial charge in [0.05, 0.1) is 24.6 Å². The van der Waals surface area contributed by atoms with Crippen LogP contribution in [0.25, 0.3) is 10.9 Å². The van der Waals surface area contributed by atoms with Gasteiger partial charge in [0.25, 0.3) is 0 Å². The fourth-order valence-corrected chi connectivity index (χ4v) is 7.05. The van der Waals surface area contributed by atoms with Crippen LogP contribution in [0.15, 0.2) is 29.2 Å². The number of hydrogen-bond acceptors (Lipinski definition) is 9. The Labute approximate surface area is 267 Å². The summed E-state index contributed by atoms with van der Waals surface area (Å²) in [5.41, 5.74) is 2.53. The highest BCUT2D eigenvalue weighted by molar-refractivity contribution is 7.87. The summed E-state index contributed by atoms with van der Waals surface area (Å²) < 4.78 is 51.6. The largest absolute Gasteiger partial charge is 0.493 e. The van der Waals surface area contributed by atoms with E-state index in [-0.39, 0.29) is 16.9 Å². The van der Waals surface area contributed by atoms with Gasteiger partial charge >= 0.3 is 16.2 Å². The van der Waals surface area contributed by atoms with Crippen molar-refractivity contribution in [3.63, 3.8) is 0 Å². The molecule has 1 atom stereocenters. The first-order valence-electron chi connectivity index (χ1n) is 15.9. The molecule has 0 unspecified atom stereocenters. The van der Waals surface area contributed by atoms with E-state index in [1.54, 1.807) is 24.0 Å². The molecule has 1 fully saturated rings. The van der Waals surface area contributed by atoms with Crippen LogP contribution in [0.4, 0.5) is 4.79 Å². The van der Waals surface area contributed by atoms with Gasteiger partial charge < -0.3 is 23.3 Å². The van der Waals surface area contributed by atoms with E-state index in [1.165, 1.54) is 7.11 Å². The second-order valence-corrected chi connectivity index (χ2v) is 14.1. The van der Waals surface area contributed by atoms with Gasteiger partial charge in [0.15, 0.2) is 11.5 Å². The first-order valence-corrected chi connectivity index (χ1v) is 17.3. The van der Waals surface area contributed by atoms with E-state index >= 15 is 0 Å². The zero-order chi connectivity index (χ0) is 32.9. The van der Waals surface area contributed by atoms with Gasteiger partial charge in [-0.25, -0.2) is 9.78 Å². The van der Waals surface area contributed by atoms with Crippen LogP contribution in [0.2, 0.25) is 0 Å². The van der Waals surface area contributed by atoms with Crippen molar-refractivity contribution in [2.45, 2.75) is 110 Å². The van der Waals surface area contributed by atoms with E-state index in [2.05, 4.69) is 16.9 Å². The number of ether oxygens (including phenoxy) is 3. The fraction of sp³-hybridized carbons (Fsp3) is 0.559. The lowest BCUT2D eigenvalue weighted by atomic mass is 9.97. The Balaban J connectivity index is 1.72. The normalized spacial score (nSPS) is 15.4. The monoisotopic (exact) mass is 641 g/mol. The first-order chi connectivity index (χ1) is 21.3. The second-order valence-electron chi connectivity index (χ2n) is 12.6. The van der Waals surface area contributed by atoms with E-state index in [0.29, 0.717) is 60.6 Å². The molecule has 0 bridgehead atoms. The predicted octanol–water partition coefficient (Wildman–Crippen LogP) is 6.96. The van der Waals surface area contributed by atoms with Crippen LogP contribution >= 0.6 is 0 Å². The van der Waals surface area contributed by atoms with Crippen molar-refractivity contribution in [3.8, 4) is 17.4 Å². The maximum absolute atomic E-state index is 14.1. The number of hydrogen-bond donors (Lipinski definition) is 0. The number of fused-ring (bicyclic) bond motifs is 1. The summed E-state index contributed by atoms with van der Waals surface area (Å²) in [6, 6.07) is 7.35. The van der Waals surface area contributed by atoms with Gasteiger partial charge in [-0.15, -0.1) is 0 Å². The number of benzene rings is 2. The maximum Gasteiger partial charge on any atom is 0.410 e. The summed E-state index contributed by atoms with van der Waals surface area (Å²) in [5.74, 6) is 1.08. The molecule has 10 nitrogen and oxygen atoms in total. The molecule has 45 heavy (non-hydrogen) atoms. The van der Waals surface area contributed by atoms with Crippen molar-refractivity contribution < 1.29 is 31.6 Å². The predicted molar refractivity (Wildman–Crippen MR) is 174 cm³/mol. The van der Waals surface area contributed by atoms with Crippen LogP contribution in [-0.4, -0.2) is 61.3 Å². The van der Waals surface area contributed by atoms with E-state index in [0.717, 1.165) is 42.4 Å². The fourth-order valence-electron chi connectivity index (χ4n) is 5.67. The molecule has 0 saturated carbocycles. The summed E-state index contributed by atoms with van der Waals surface area (Å²) in [6.07, 6.45) is 4.56. The Hall–Kier alpha value is -3.60. The lowest BCUT2D eigenvalue weighted by Crippen LogP contribution is -2.36. The average Bonchev–Trinajstić information content (AvgIpc) is 3.41. The number of likely N-dealkylation sites (tertiary alicyclic amines) is 1. The average molecular weight is 642 g/mol. The summed E-state index contributed by atoms with van der Waals surface area (Å²) in [6.45, 7) is 14.2. The van der Waals surface area contributed by atoms with Crippen LogP contribution in [-0.2, 0) is 34.1 Å². The third-order valence-corrected chi connectivity index (χ3v) is 8.87. The zero-order valence-electron chi connectivity index (χ0n) is 27.9. The molecule has 0 aliphatic carbocycles. The number of aromatic nitrogens is 2. The molecule has 1 aliphatic heterocycles. The number of nitrogens with zero attached hydrogens (tertiary/aromatic N) is 3. The van der Waals surface area contributed by atoms with Gasteiger partial charge in [-0.05, 0) is 69.7 Å². The quantitative estimate of drug-likeness (QED) is 0.193. The lowest BCUT2D eigenvalue weighted by molar-refractivity contribution is 0.0275. The number of rotatable bonds is 12. The number of amides is 1. The molecule has 4 rings (SSSR count). The Kier molecular flexibility index (Phi) is 10.8. The Bertz CT molecular complexity index is 1610. The smallest absolute Gasteiger partial charge is 0.410 e. The molecule has 0 radical (unpaired) electrons. The zero-order valence-corrected chi connectivity index (χ0v) is 28.7. The van der Waals surface area contributed by atoms with Crippen molar-refractivity contribution in [2.24, 2.45) is 0 Å². The van der Waals surface area contributed by atoms with Gasteiger partial charge in [-0.2, -0.15) is 13.4 Å². The molecule has 1 aromatic heterocycles. The number of carbonyl (C=O) groups is 1. The third kappa shape index (κ3) is 8.36. The minimum atomic E-state index is -4.26. The summed E-state index contributed by atoms with van der Waals surface area (Å²) >= 11 is 0. The summed E-state index contributed by atoms with van der Waals surface area (Å²) in [5, 5.41) is 0.374. The van der Waals surface area contributed by atoms with E-state index in [9.17, 15) is 13.2 Å². The molecule has 1 saturated heterocycles. The first kappa shape index (κ1) is 34.3. The topological polar surface area (TPSA) is 117 Å². The van der Waals surface area contributed by atoms with Crippen molar-refractivity contribution in [1.29, 1.82) is 0 Å². The van der Waals surface area contributed by atoms with Crippen LogP contribution in [0.3, 0.4) is 0 Å². The van der Waals surface area contributed by atoms with Crippen LogP contribution in [0.1, 0.15) is 89.7 Å². The number of carbonyl (C=O) groups excluding carboxylic acids is 1. The molecule has 1 aliphatic rings. The minimum absolute atomic E-state index is 0.0747. The highest BCUT2D eigenvalue weighted by Gasteiger charge is 2.32. The third-order valence-electron chi connectivity index (χ3n) is 7.47. The summed E-state index contributed by atoms with van der Waals surface area (Å²) in [7, 11) is -2.74. The van der Waals surface area contributed by atoms with Crippen LogP contribution in [0.5, 0.6) is 17.4 Å². The van der Waals surface area contributed by atoms with E-state index in [1.807, 2.05) is 46.8 Å². The van der Waals surface area contributed by atoms with Crippen molar-refractivity contribution in [3.05, 3.63) is 46.8 Å². The molecule has 3 aromatic rings. The number of methoxy groups -OCH3 is 1. The summed E-state index contributed by atoms with van der Waals surface area (Å²) in [4.78, 5) is 23.4. The van der Waals surface area contributed by atoms with Crippen LogP contribution < -0.4 is 13.7 Å².